The lowest BCUT2D eigenvalue weighted by Crippen LogP contribution is -2.27. The number of thiophene rings is 4. The van der Waals surface area contributed by atoms with Gasteiger partial charge in [0.15, 0.2) is 0 Å². The molecule has 0 bridgehead atoms. The van der Waals surface area contributed by atoms with Gasteiger partial charge in [-0.05, 0) is 61.1 Å². The van der Waals surface area contributed by atoms with Gasteiger partial charge in [0, 0.05) is 16.5 Å². The molecule has 210 valence electrons. The minimum Gasteiger partial charge on any atom is -0.492 e. The van der Waals surface area contributed by atoms with Crippen molar-refractivity contribution in [3.05, 3.63) is 40.6 Å². The van der Waals surface area contributed by atoms with Crippen molar-refractivity contribution in [2.75, 3.05) is 13.2 Å². The zero-order valence-electron chi connectivity index (χ0n) is 23.9. The van der Waals surface area contributed by atoms with Gasteiger partial charge in [0.2, 0.25) is 0 Å². The van der Waals surface area contributed by atoms with E-state index in [0.717, 1.165) is 43.3 Å². The summed E-state index contributed by atoms with van der Waals surface area (Å²) < 4.78 is 19.3. The molecule has 0 saturated carbocycles. The predicted molar refractivity (Wildman–Crippen MR) is 172 cm³/mol. The van der Waals surface area contributed by atoms with Crippen LogP contribution in [0, 0.1) is 11.8 Å². The van der Waals surface area contributed by atoms with Crippen LogP contribution in [0.4, 0.5) is 0 Å². The van der Waals surface area contributed by atoms with E-state index in [0.29, 0.717) is 11.8 Å². The third-order valence-corrected chi connectivity index (χ3v) is 12.2. The van der Waals surface area contributed by atoms with Crippen molar-refractivity contribution in [1.29, 1.82) is 0 Å². The van der Waals surface area contributed by atoms with Crippen LogP contribution in [-0.2, 0) is 5.60 Å². The van der Waals surface area contributed by atoms with Crippen LogP contribution >= 0.6 is 45.3 Å². The largest absolute Gasteiger partial charge is 0.492 e. The molecule has 5 rings (SSSR count). The molecule has 4 aromatic heterocycles. The number of hydrogen-bond donors (Lipinski definition) is 0. The Morgan fingerprint density at radius 1 is 0.821 bits per heavy atom. The SMILES string of the molecule is CCCCC(CC)COc1ccsc1-c1cc2c(s1)-c1sc(-c3sccc3OCC(C)CC)cc1OC2(C)C. The summed E-state index contributed by atoms with van der Waals surface area (Å²) in [6.45, 7) is 14.9. The van der Waals surface area contributed by atoms with E-state index in [1.807, 2.05) is 22.7 Å². The topological polar surface area (TPSA) is 27.7 Å². The van der Waals surface area contributed by atoms with E-state index in [1.165, 1.54) is 54.1 Å². The molecule has 0 N–H and O–H groups in total. The molecule has 1 aliphatic rings. The first-order valence-electron chi connectivity index (χ1n) is 14.2. The number of ether oxygens (including phenoxy) is 3. The van der Waals surface area contributed by atoms with E-state index < -0.39 is 5.60 Å². The molecule has 1 aliphatic heterocycles. The molecule has 0 spiro atoms. The molecular formula is C32H40O3S4. The smallest absolute Gasteiger partial charge is 0.140 e. The molecule has 0 fully saturated rings. The first kappa shape index (κ1) is 28.7. The quantitative estimate of drug-likeness (QED) is 0.153. The number of fused-ring (bicyclic) bond motifs is 3. The lowest BCUT2D eigenvalue weighted by molar-refractivity contribution is 0.107. The standard InChI is InChI=1S/C32H40O3S4/c1-7-10-11-21(9-3)19-34-24-13-15-36-29(24)26-16-22-28(38-26)31-25(35-32(22,5)6)17-27(39-31)30-23(12-14-37-30)33-18-20(4)8-2/h12-17,20-21H,7-11,18-19H2,1-6H3. The molecule has 0 amide bonds. The second-order valence-corrected chi connectivity index (χ2v) is 15.0. The maximum atomic E-state index is 6.62. The van der Waals surface area contributed by atoms with Crippen LogP contribution in [0.5, 0.6) is 17.2 Å². The van der Waals surface area contributed by atoms with E-state index in [-0.39, 0.29) is 0 Å². The highest BCUT2D eigenvalue weighted by atomic mass is 32.1. The van der Waals surface area contributed by atoms with Gasteiger partial charge in [0.25, 0.3) is 0 Å². The number of rotatable bonds is 13. The van der Waals surface area contributed by atoms with E-state index in [2.05, 4.69) is 76.6 Å². The second-order valence-electron chi connectivity index (χ2n) is 11.0. The van der Waals surface area contributed by atoms with E-state index in [9.17, 15) is 0 Å². The summed E-state index contributed by atoms with van der Waals surface area (Å²) >= 11 is 7.21. The Balaban J connectivity index is 1.43. The Morgan fingerprint density at radius 2 is 1.46 bits per heavy atom. The van der Waals surface area contributed by atoms with Crippen molar-refractivity contribution in [3.63, 3.8) is 0 Å². The summed E-state index contributed by atoms with van der Waals surface area (Å²) in [6, 6.07) is 8.79. The van der Waals surface area contributed by atoms with Crippen LogP contribution in [0.2, 0.25) is 0 Å². The van der Waals surface area contributed by atoms with Crippen molar-refractivity contribution in [2.24, 2.45) is 11.8 Å². The van der Waals surface area contributed by atoms with Gasteiger partial charge in [-0.3, -0.25) is 0 Å². The molecule has 0 saturated heterocycles. The fourth-order valence-electron chi connectivity index (χ4n) is 4.81. The van der Waals surface area contributed by atoms with Gasteiger partial charge in [-0.1, -0.05) is 53.4 Å². The molecule has 0 aliphatic carbocycles. The molecule has 39 heavy (non-hydrogen) atoms. The summed E-state index contributed by atoms with van der Waals surface area (Å²) in [7, 11) is 0. The normalized spacial score (nSPS) is 15.3. The lowest BCUT2D eigenvalue weighted by Gasteiger charge is -2.31. The van der Waals surface area contributed by atoms with Gasteiger partial charge in [-0.2, -0.15) is 0 Å². The molecule has 0 aromatic carbocycles. The highest BCUT2D eigenvalue weighted by Crippen LogP contribution is 2.57. The molecule has 7 heteroatoms. The fourth-order valence-corrected chi connectivity index (χ4v) is 9.27. The van der Waals surface area contributed by atoms with Gasteiger partial charge in [0.05, 0.1) is 37.6 Å². The zero-order valence-corrected chi connectivity index (χ0v) is 27.2. The van der Waals surface area contributed by atoms with Crippen LogP contribution in [-0.4, -0.2) is 13.2 Å². The third kappa shape index (κ3) is 6.12. The maximum absolute atomic E-state index is 6.62. The molecular weight excluding hydrogens is 561 g/mol. The van der Waals surface area contributed by atoms with Gasteiger partial charge in [0.1, 0.15) is 22.8 Å². The van der Waals surface area contributed by atoms with Crippen molar-refractivity contribution in [3.8, 4) is 46.5 Å². The van der Waals surface area contributed by atoms with Crippen LogP contribution in [0.3, 0.4) is 0 Å². The van der Waals surface area contributed by atoms with Crippen LogP contribution in [0.1, 0.15) is 79.2 Å². The number of hydrogen-bond acceptors (Lipinski definition) is 7. The summed E-state index contributed by atoms with van der Waals surface area (Å²) in [5, 5.41) is 4.29. The van der Waals surface area contributed by atoms with E-state index >= 15 is 0 Å². The van der Waals surface area contributed by atoms with Crippen LogP contribution in [0.25, 0.3) is 29.3 Å². The van der Waals surface area contributed by atoms with Gasteiger partial charge < -0.3 is 14.2 Å². The van der Waals surface area contributed by atoms with Gasteiger partial charge in [-0.25, -0.2) is 0 Å². The Hall–Kier alpha value is -1.80. The first-order chi connectivity index (χ1) is 18.8. The molecule has 0 radical (unpaired) electrons. The Kier molecular flexibility index (Phi) is 9.11. The van der Waals surface area contributed by atoms with E-state index in [1.54, 1.807) is 22.7 Å². The summed E-state index contributed by atoms with van der Waals surface area (Å²) in [6.07, 6.45) is 6.03. The van der Waals surface area contributed by atoms with Crippen molar-refractivity contribution in [1.82, 2.24) is 0 Å². The third-order valence-electron chi connectivity index (χ3n) is 7.59. The maximum Gasteiger partial charge on any atom is 0.140 e. The van der Waals surface area contributed by atoms with Crippen LogP contribution in [0.15, 0.2) is 35.0 Å². The fraction of sp³-hybridized carbons (Fsp3) is 0.500. The van der Waals surface area contributed by atoms with Crippen molar-refractivity contribution < 1.29 is 14.2 Å². The molecule has 3 nitrogen and oxygen atoms in total. The van der Waals surface area contributed by atoms with Crippen molar-refractivity contribution >= 4 is 45.3 Å². The minimum absolute atomic E-state index is 0.396. The molecule has 2 unspecified atom stereocenters. The average molecular weight is 601 g/mol. The highest BCUT2D eigenvalue weighted by Gasteiger charge is 2.37. The van der Waals surface area contributed by atoms with Crippen LogP contribution < -0.4 is 14.2 Å². The number of unbranched alkanes of at least 4 members (excludes halogenated alkanes) is 1. The summed E-state index contributed by atoms with van der Waals surface area (Å²) in [4.78, 5) is 7.44. The zero-order chi connectivity index (χ0) is 27.6. The lowest BCUT2D eigenvalue weighted by atomic mass is 9.95. The predicted octanol–water partition coefficient (Wildman–Crippen LogP) is 11.6. The van der Waals surface area contributed by atoms with E-state index in [4.69, 9.17) is 14.2 Å². The second kappa shape index (κ2) is 12.4. The Bertz CT molecular complexity index is 1370. The molecule has 5 heterocycles. The van der Waals surface area contributed by atoms with Crippen molar-refractivity contribution in [2.45, 2.75) is 79.2 Å². The monoisotopic (exact) mass is 600 g/mol. The molecule has 4 aromatic rings. The summed E-state index contributed by atoms with van der Waals surface area (Å²) in [5.74, 6) is 4.13. The first-order valence-corrected chi connectivity index (χ1v) is 17.6. The average Bonchev–Trinajstić information content (AvgIpc) is 3.72. The Labute approximate surface area is 249 Å². The Morgan fingerprint density at radius 3 is 2.10 bits per heavy atom. The minimum atomic E-state index is -0.396. The van der Waals surface area contributed by atoms with Gasteiger partial charge >= 0.3 is 0 Å². The summed E-state index contributed by atoms with van der Waals surface area (Å²) in [5.41, 5.74) is 0.864. The van der Waals surface area contributed by atoms with Gasteiger partial charge in [-0.15, -0.1) is 45.3 Å². The highest BCUT2D eigenvalue weighted by molar-refractivity contribution is 7.28. The molecule has 2 atom stereocenters.